The van der Waals surface area contributed by atoms with E-state index in [9.17, 15) is 4.79 Å². The third-order valence-electron chi connectivity index (χ3n) is 3.23. The van der Waals surface area contributed by atoms with Crippen molar-refractivity contribution in [1.82, 2.24) is 0 Å². The third-order valence-corrected chi connectivity index (χ3v) is 3.23. The van der Waals surface area contributed by atoms with Gasteiger partial charge in [0.15, 0.2) is 12.0 Å². The average molecular weight is 227 g/mol. The molecule has 1 aromatic heterocycles. The fourth-order valence-corrected chi connectivity index (χ4v) is 2.29. The molecule has 0 saturated carbocycles. The maximum absolute atomic E-state index is 10.6. The first-order chi connectivity index (χ1) is 8.28. The van der Waals surface area contributed by atoms with Crippen LogP contribution in [0.3, 0.4) is 0 Å². The molecule has 2 aromatic rings. The molecule has 0 unspecified atom stereocenters. The molecule has 17 heavy (non-hydrogen) atoms. The molecule has 2 heterocycles. The molecule has 3 nitrogen and oxygen atoms in total. The monoisotopic (exact) mass is 227 g/mol. The quantitative estimate of drug-likeness (QED) is 0.740. The molecule has 3 rings (SSSR count). The summed E-state index contributed by atoms with van der Waals surface area (Å²) < 4.78 is 5.42. The number of rotatable bonds is 2. The van der Waals surface area contributed by atoms with E-state index in [1.54, 1.807) is 6.07 Å². The molecule has 1 aromatic carbocycles. The Bertz CT molecular complexity index is 571. The molecule has 0 N–H and O–H groups in total. The molecule has 0 saturated heterocycles. The van der Waals surface area contributed by atoms with Gasteiger partial charge in [0.1, 0.15) is 5.76 Å². The van der Waals surface area contributed by atoms with Crippen LogP contribution in [-0.4, -0.2) is 19.9 Å². The molecule has 0 amide bonds. The number of carbonyl (C=O) groups excluding carboxylic acids is 1. The molecule has 0 atom stereocenters. The predicted octanol–water partition coefficient (Wildman–Crippen LogP) is 2.75. The minimum absolute atomic E-state index is 0.373. The first-order valence-corrected chi connectivity index (χ1v) is 5.67. The normalized spacial score (nSPS) is 13.8. The second kappa shape index (κ2) is 3.77. The van der Waals surface area contributed by atoms with Crippen LogP contribution >= 0.6 is 0 Å². The van der Waals surface area contributed by atoms with E-state index < -0.39 is 0 Å². The highest BCUT2D eigenvalue weighted by Crippen LogP contribution is 2.31. The summed E-state index contributed by atoms with van der Waals surface area (Å²) in [6.45, 7) is 1.07. The van der Waals surface area contributed by atoms with Crippen LogP contribution < -0.4 is 4.90 Å². The number of carbonyl (C=O) groups is 1. The smallest absolute Gasteiger partial charge is 0.185 e. The molecule has 1 aliphatic rings. The van der Waals surface area contributed by atoms with Crippen molar-refractivity contribution in [3.05, 3.63) is 41.7 Å². The topological polar surface area (TPSA) is 33.5 Å². The Morgan fingerprint density at radius 2 is 2.18 bits per heavy atom. The third kappa shape index (κ3) is 1.64. The van der Waals surface area contributed by atoms with Crippen molar-refractivity contribution in [2.45, 2.75) is 6.42 Å². The number of fused-ring (bicyclic) bond motifs is 1. The molecule has 1 aliphatic heterocycles. The number of aldehydes is 1. The summed E-state index contributed by atoms with van der Waals surface area (Å²) in [6, 6.07) is 9.83. The summed E-state index contributed by atoms with van der Waals surface area (Å²) in [5.41, 5.74) is 3.66. The largest absolute Gasteiger partial charge is 0.453 e. The number of nitrogens with zero attached hydrogens (tertiary/aromatic N) is 1. The van der Waals surface area contributed by atoms with Gasteiger partial charge in [0, 0.05) is 24.8 Å². The van der Waals surface area contributed by atoms with Crippen molar-refractivity contribution in [3.8, 4) is 11.3 Å². The summed E-state index contributed by atoms with van der Waals surface area (Å²) in [5, 5.41) is 0. The molecule has 0 aliphatic carbocycles. The fraction of sp³-hybridized carbons (Fsp3) is 0.214. The Hall–Kier alpha value is -2.03. The van der Waals surface area contributed by atoms with Gasteiger partial charge in [-0.3, -0.25) is 4.79 Å². The molecule has 86 valence electrons. The zero-order valence-corrected chi connectivity index (χ0v) is 9.64. The number of anilines is 1. The molecule has 0 radical (unpaired) electrons. The Morgan fingerprint density at radius 1 is 1.29 bits per heavy atom. The van der Waals surface area contributed by atoms with Crippen LogP contribution in [0.1, 0.15) is 16.1 Å². The van der Waals surface area contributed by atoms with E-state index in [0.717, 1.165) is 30.6 Å². The molecule has 3 heteroatoms. The van der Waals surface area contributed by atoms with Crippen LogP contribution in [0.15, 0.2) is 34.7 Å². The van der Waals surface area contributed by atoms with E-state index in [-0.39, 0.29) is 0 Å². The van der Waals surface area contributed by atoms with E-state index in [4.69, 9.17) is 4.42 Å². The van der Waals surface area contributed by atoms with Crippen LogP contribution in [-0.2, 0) is 6.42 Å². The first kappa shape index (κ1) is 10.1. The van der Waals surface area contributed by atoms with E-state index in [2.05, 4.69) is 24.1 Å². The van der Waals surface area contributed by atoms with Crippen molar-refractivity contribution in [3.63, 3.8) is 0 Å². The Balaban J connectivity index is 2.02. The second-order valence-electron chi connectivity index (χ2n) is 4.33. The summed E-state index contributed by atoms with van der Waals surface area (Å²) in [4.78, 5) is 12.8. The highest BCUT2D eigenvalue weighted by molar-refractivity contribution is 5.74. The van der Waals surface area contributed by atoms with Crippen molar-refractivity contribution in [2.24, 2.45) is 0 Å². The summed E-state index contributed by atoms with van der Waals surface area (Å²) >= 11 is 0. The Labute approximate surface area is 99.7 Å². The second-order valence-corrected chi connectivity index (χ2v) is 4.33. The van der Waals surface area contributed by atoms with Gasteiger partial charge in [0.2, 0.25) is 0 Å². The number of benzene rings is 1. The number of furan rings is 1. The van der Waals surface area contributed by atoms with Gasteiger partial charge in [-0.2, -0.15) is 0 Å². The zero-order chi connectivity index (χ0) is 11.8. The predicted molar refractivity (Wildman–Crippen MR) is 66.5 cm³/mol. The van der Waals surface area contributed by atoms with E-state index in [1.165, 1.54) is 11.3 Å². The lowest BCUT2D eigenvalue weighted by molar-refractivity contribution is 0.110. The van der Waals surface area contributed by atoms with Gasteiger partial charge >= 0.3 is 0 Å². The van der Waals surface area contributed by atoms with Crippen LogP contribution in [0.2, 0.25) is 0 Å². The lowest BCUT2D eigenvalue weighted by atomic mass is 10.1. The Morgan fingerprint density at radius 3 is 2.94 bits per heavy atom. The van der Waals surface area contributed by atoms with E-state index in [0.29, 0.717) is 5.76 Å². The Kier molecular flexibility index (Phi) is 2.25. The van der Waals surface area contributed by atoms with Gasteiger partial charge < -0.3 is 9.32 Å². The van der Waals surface area contributed by atoms with Crippen molar-refractivity contribution >= 4 is 12.0 Å². The van der Waals surface area contributed by atoms with Crippen molar-refractivity contribution in [1.29, 1.82) is 0 Å². The minimum Gasteiger partial charge on any atom is -0.453 e. The molecular formula is C14H13NO2. The number of hydrogen-bond acceptors (Lipinski definition) is 3. The maximum atomic E-state index is 10.6. The molecule has 0 spiro atoms. The summed E-state index contributed by atoms with van der Waals surface area (Å²) in [6.07, 6.45) is 1.80. The highest BCUT2D eigenvalue weighted by atomic mass is 16.3. The van der Waals surface area contributed by atoms with Gasteiger partial charge in [-0.1, -0.05) is 0 Å². The van der Waals surface area contributed by atoms with Gasteiger partial charge in [-0.25, -0.2) is 0 Å². The van der Waals surface area contributed by atoms with Gasteiger partial charge in [0.05, 0.1) is 0 Å². The molecular weight excluding hydrogens is 214 g/mol. The summed E-state index contributed by atoms with van der Waals surface area (Å²) in [7, 11) is 2.10. The van der Waals surface area contributed by atoms with Crippen LogP contribution in [0, 0.1) is 0 Å². The standard InChI is InChI=1S/C14H13NO2/c1-15-7-6-10-8-11(2-4-13(10)15)14-5-3-12(9-16)17-14/h2-5,8-9H,6-7H2,1H3. The van der Waals surface area contributed by atoms with Crippen molar-refractivity contribution < 1.29 is 9.21 Å². The zero-order valence-electron chi connectivity index (χ0n) is 9.64. The maximum Gasteiger partial charge on any atom is 0.185 e. The van der Waals surface area contributed by atoms with Gasteiger partial charge in [-0.15, -0.1) is 0 Å². The number of likely N-dealkylation sites (N-methyl/N-ethyl adjacent to an activating group) is 1. The first-order valence-electron chi connectivity index (χ1n) is 5.67. The minimum atomic E-state index is 0.373. The van der Waals surface area contributed by atoms with Gasteiger partial charge in [-0.05, 0) is 42.3 Å². The van der Waals surface area contributed by atoms with Crippen molar-refractivity contribution in [2.75, 3.05) is 18.5 Å². The van der Waals surface area contributed by atoms with Gasteiger partial charge in [0.25, 0.3) is 0 Å². The molecule has 0 bridgehead atoms. The van der Waals surface area contributed by atoms with E-state index >= 15 is 0 Å². The highest BCUT2D eigenvalue weighted by Gasteiger charge is 2.16. The lowest BCUT2D eigenvalue weighted by Crippen LogP contribution is -2.12. The molecule has 0 fully saturated rings. The lowest BCUT2D eigenvalue weighted by Gasteiger charge is -2.11. The number of hydrogen-bond donors (Lipinski definition) is 0. The average Bonchev–Trinajstić information content (AvgIpc) is 2.96. The van der Waals surface area contributed by atoms with Crippen LogP contribution in [0.4, 0.5) is 5.69 Å². The van der Waals surface area contributed by atoms with E-state index in [1.807, 2.05) is 12.1 Å². The SMILES string of the molecule is CN1CCc2cc(-c3ccc(C=O)o3)ccc21. The van der Waals surface area contributed by atoms with Crippen LogP contribution in [0.5, 0.6) is 0 Å². The van der Waals surface area contributed by atoms with Crippen LogP contribution in [0.25, 0.3) is 11.3 Å². The fourth-order valence-electron chi connectivity index (χ4n) is 2.29. The summed E-state index contributed by atoms with van der Waals surface area (Å²) in [5.74, 6) is 1.13.